The number of aliphatic imine (C=N–C) groups is 1. The Morgan fingerprint density at radius 2 is 1.80 bits per heavy atom. The first-order valence-electron chi connectivity index (χ1n) is 8.87. The van der Waals surface area contributed by atoms with Gasteiger partial charge in [0.1, 0.15) is 0 Å². The van der Waals surface area contributed by atoms with E-state index in [9.17, 15) is 0 Å². The van der Waals surface area contributed by atoms with Crippen LogP contribution in [0.15, 0.2) is 53.5 Å². The van der Waals surface area contributed by atoms with E-state index in [1.54, 1.807) is 0 Å². The smallest absolute Gasteiger partial charge is 0.193 e. The normalized spacial score (nSPS) is 17.3. The zero-order valence-electron chi connectivity index (χ0n) is 15.1. The number of hydrogen-bond acceptors (Lipinski definition) is 2. The number of guanidine groups is 1. The van der Waals surface area contributed by atoms with Crippen molar-refractivity contribution in [2.24, 2.45) is 10.7 Å². The Hall–Kier alpha value is -2.33. The van der Waals surface area contributed by atoms with Crippen LogP contribution in [0.2, 0.25) is 0 Å². The molecule has 1 saturated heterocycles. The van der Waals surface area contributed by atoms with Crippen molar-refractivity contribution in [1.82, 2.24) is 0 Å². The second-order valence-corrected chi connectivity index (χ2v) is 6.88. The fraction of sp³-hybridized carbons (Fsp3) is 0.381. The van der Waals surface area contributed by atoms with E-state index in [0.29, 0.717) is 12.5 Å². The van der Waals surface area contributed by atoms with Crippen molar-refractivity contribution < 1.29 is 4.74 Å². The molecule has 3 rings (SSSR count). The quantitative estimate of drug-likeness (QED) is 0.659. The minimum absolute atomic E-state index is 0.00893. The highest BCUT2D eigenvalue weighted by Gasteiger charge is 2.34. The molecule has 132 valence electrons. The average molecular weight is 337 g/mol. The molecule has 4 nitrogen and oxygen atoms in total. The van der Waals surface area contributed by atoms with Crippen molar-refractivity contribution in [2.45, 2.75) is 32.1 Å². The van der Waals surface area contributed by atoms with E-state index in [-0.39, 0.29) is 5.41 Å². The molecule has 3 N–H and O–H groups in total. The Labute approximate surface area is 150 Å². The number of rotatable bonds is 4. The van der Waals surface area contributed by atoms with Gasteiger partial charge >= 0.3 is 0 Å². The first-order chi connectivity index (χ1) is 12.1. The van der Waals surface area contributed by atoms with E-state index in [1.807, 2.05) is 6.07 Å². The first kappa shape index (κ1) is 17.5. The van der Waals surface area contributed by atoms with E-state index in [1.165, 1.54) is 16.7 Å². The van der Waals surface area contributed by atoms with Gasteiger partial charge in [-0.05, 0) is 55.5 Å². The van der Waals surface area contributed by atoms with Gasteiger partial charge in [0.25, 0.3) is 0 Å². The van der Waals surface area contributed by atoms with Crippen molar-refractivity contribution in [3.05, 3.63) is 65.2 Å². The van der Waals surface area contributed by atoms with Crippen LogP contribution in [0.1, 0.15) is 29.5 Å². The lowest BCUT2D eigenvalue weighted by molar-refractivity contribution is 0.0531. The summed E-state index contributed by atoms with van der Waals surface area (Å²) in [6.07, 6.45) is 1.94. The Bertz CT molecular complexity index is 734. The third-order valence-corrected chi connectivity index (χ3v) is 5.17. The maximum atomic E-state index is 6.16. The molecule has 2 aromatic rings. The molecule has 1 fully saturated rings. The molecule has 2 aromatic carbocycles. The molecule has 0 amide bonds. The maximum absolute atomic E-state index is 6.16. The second kappa shape index (κ2) is 7.70. The van der Waals surface area contributed by atoms with Gasteiger partial charge in [0.15, 0.2) is 5.96 Å². The van der Waals surface area contributed by atoms with E-state index in [0.717, 1.165) is 31.7 Å². The highest BCUT2D eigenvalue weighted by molar-refractivity contribution is 5.92. The summed E-state index contributed by atoms with van der Waals surface area (Å²) in [5.41, 5.74) is 11.0. The van der Waals surface area contributed by atoms with E-state index >= 15 is 0 Å². The van der Waals surface area contributed by atoms with Gasteiger partial charge in [0.2, 0.25) is 0 Å². The number of nitrogens with two attached hydrogens (primary N) is 1. The van der Waals surface area contributed by atoms with Crippen LogP contribution in [0.5, 0.6) is 0 Å². The molecule has 0 atom stereocenters. The minimum Gasteiger partial charge on any atom is -0.381 e. The summed E-state index contributed by atoms with van der Waals surface area (Å²) in [6.45, 7) is 6.42. The molecule has 1 heterocycles. The van der Waals surface area contributed by atoms with Gasteiger partial charge in [-0.1, -0.05) is 36.4 Å². The Morgan fingerprint density at radius 3 is 2.48 bits per heavy atom. The third kappa shape index (κ3) is 4.20. The zero-order chi connectivity index (χ0) is 17.7. The fourth-order valence-corrected chi connectivity index (χ4v) is 3.34. The van der Waals surface area contributed by atoms with E-state index in [4.69, 9.17) is 10.5 Å². The fourth-order valence-electron chi connectivity index (χ4n) is 3.34. The number of hydrogen-bond donors (Lipinski definition) is 2. The second-order valence-electron chi connectivity index (χ2n) is 6.88. The number of nitrogens with zero attached hydrogens (tertiary/aromatic N) is 1. The topological polar surface area (TPSA) is 59.6 Å². The highest BCUT2D eigenvalue weighted by Crippen LogP contribution is 2.35. The molecule has 0 aromatic heterocycles. The Kier molecular flexibility index (Phi) is 5.39. The van der Waals surface area contributed by atoms with Crippen LogP contribution < -0.4 is 11.1 Å². The summed E-state index contributed by atoms with van der Waals surface area (Å²) in [5, 5.41) is 3.21. The lowest BCUT2D eigenvalue weighted by Gasteiger charge is -2.36. The molecule has 1 aliphatic heterocycles. The van der Waals surface area contributed by atoms with Crippen molar-refractivity contribution in [1.29, 1.82) is 0 Å². The number of aryl methyl sites for hydroxylation is 2. The van der Waals surface area contributed by atoms with Crippen LogP contribution >= 0.6 is 0 Å². The predicted octanol–water partition coefficient (Wildman–Crippen LogP) is 3.78. The van der Waals surface area contributed by atoms with Crippen molar-refractivity contribution in [3.8, 4) is 0 Å². The molecule has 25 heavy (non-hydrogen) atoms. The largest absolute Gasteiger partial charge is 0.381 e. The summed E-state index contributed by atoms with van der Waals surface area (Å²) in [7, 11) is 0. The summed E-state index contributed by atoms with van der Waals surface area (Å²) in [4.78, 5) is 4.67. The number of benzene rings is 2. The van der Waals surface area contributed by atoms with Gasteiger partial charge in [0, 0.05) is 24.3 Å². The lowest BCUT2D eigenvalue weighted by atomic mass is 9.74. The number of ether oxygens (including phenoxy) is 1. The van der Waals surface area contributed by atoms with Gasteiger partial charge in [-0.15, -0.1) is 0 Å². The zero-order valence-corrected chi connectivity index (χ0v) is 15.1. The SMILES string of the molecule is Cc1ccc(NC(N)=NCC2(c3ccccc3)CCOCC2)cc1C. The third-order valence-electron chi connectivity index (χ3n) is 5.17. The summed E-state index contributed by atoms with van der Waals surface area (Å²) >= 11 is 0. The standard InChI is InChI=1S/C21H27N3O/c1-16-8-9-19(14-17(16)2)24-20(22)23-15-21(10-12-25-13-11-21)18-6-4-3-5-7-18/h3-9,14H,10-13,15H2,1-2H3,(H3,22,23,24). The van der Waals surface area contributed by atoms with Crippen molar-refractivity contribution >= 4 is 11.6 Å². The van der Waals surface area contributed by atoms with Crippen LogP contribution in [0, 0.1) is 13.8 Å². The van der Waals surface area contributed by atoms with Crippen LogP contribution in [0.4, 0.5) is 5.69 Å². The van der Waals surface area contributed by atoms with Gasteiger partial charge in [0.05, 0.1) is 6.54 Å². The monoisotopic (exact) mass is 337 g/mol. The Balaban J connectivity index is 1.75. The molecule has 0 unspecified atom stereocenters. The van der Waals surface area contributed by atoms with Crippen LogP contribution in [-0.2, 0) is 10.2 Å². The first-order valence-corrected chi connectivity index (χ1v) is 8.87. The Morgan fingerprint density at radius 1 is 1.08 bits per heavy atom. The van der Waals surface area contributed by atoms with E-state index < -0.39 is 0 Å². The minimum atomic E-state index is 0.00893. The number of nitrogens with one attached hydrogen (secondary N) is 1. The lowest BCUT2D eigenvalue weighted by Crippen LogP contribution is -2.38. The molecule has 0 spiro atoms. The molecular weight excluding hydrogens is 310 g/mol. The van der Waals surface area contributed by atoms with E-state index in [2.05, 4.69) is 66.6 Å². The van der Waals surface area contributed by atoms with Crippen LogP contribution in [-0.4, -0.2) is 25.7 Å². The summed E-state index contributed by atoms with van der Waals surface area (Å²) in [5.74, 6) is 0.463. The van der Waals surface area contributed by atoms with Gasteiger partial charge in [-0.25, -0.2) is 0 Å². The highest BCUT2D eigenvalue weighted by atomic mass is 16.5. The van der Waals surface area contributed by atoms with Gasteiger partial charge < -0.3 is 15.8 Å². The van der Waals surface area contributed by atoms with Crippen LogP contribution in [0.25, 0.3) is 0 Å². The number of anilines is 1. The predicted molar refractivity (Wildman–Crippen MR) is 104 cm³/mol. The average Bonchev–Trinajstić information content (AvgIpc) is 2.65. The maximum Gasteiger partial charge on any atom is 0.193 e. The summed E-state index contributed by atoms with van der Waals surface area (Å²) < 4.78 is 5.58. The molecule has 0 radical (unpaired) electrons. The molecule has 1 aliphatic rings. The molecule has 0 aliphatic carbocycles. The van der Waals surface area contributed by atoms with Crippen LogP contribution in [0.3, 0.4) is 0 Å². The molecular formula is C21H27N3O. The molecule has 0 saturated carbocycles. The molecule has 4 heteroatoms. The summed E-state index contributed by atoms with van der Waals surface area (Å²) in [6, 6.07) is 16.8. The van der Waals surface area contributed by atoms with Gasteiger partial charge in [-0.2, -0.15) is 0 Å². The molecule has 0 bridgehead atoms. The van der Waals surface area contributed by atoms with Crippen molar-refractivity contribution in [2.75, 3.05) is 25.1 Å². The van der Waals surface area contributed by atoms with Gasteiger partial charge in [-0.3, -0.25) is 4.99 Å². The van der Waals surface area contributed by atoms with Crippen molar-refractivity contribution in [3.63, 3.8) is 0 Å².